The number of rotatable bonds is 1. The van der Waals surface area contributed by atoms with Gasteiger partial charge in [-0.25, -0.2) is 4.79 Å². The van der Waals surface area contributed by atoms with Crippen LogP contribution in [0.25, 0.3) is 0 Å². The Labute approximate surface area is 140 Å². The van der Waals surface area contributed by atoms with Crippen LogP contribution >= 0.6 is 0 Å². The van der Waals surface area contributed by atoms with Gasteiger partial charge in [0.05, 0.1) is 17.9 Å². The van der Waals surface area contributed by atoms with E-state index in [4.69, 9.17) is 13.9 Å². The van der Waals surface area contributed by atoms with Crippen molar-refractivity contribution in [2.24, 2.45) is 17.3 Å². The fraction of sp³-hybridized carbons (Fsp3) is 0.579. The molecule has 3 heterocycles. The number of furan rings is 1. The van der Waals surface area contributed by atoms with Gasteiger partial charge in [-0.2, -0.15) is 0 Å². The van der Waals surface area contributed by atoms with Crippen molar-refractivity contribution < 1.29 is 23.5 Å². The Morgan fingerprint density at radius 3 is 2.88 bits per heavy atom. The third kappa shape index (κ3) is 1.65. The summed E-state index contributed by atoms with van der Waals surface area (Å²) in [4.78, 5) is 25.2. The molecule has 2 fully saturated rings. The fourth-order valence-corrected chi connectivity index (χ4v) is 5.48. The smallest absolute Gasteiger partial charge is 0.334 e. The lowest BCUT2D eigenvalue weighted by molar-refractivity contribution is -0.156. The minimum atomic E-state index is -0.534. The molecule has 1 saturated heterocycles. The number of carbonyl (C=O) groups is 2. The van der Waals surface area contributed by atoms with Crippen molar-refractivity contribution in [2.45, 2.75) is 51.2 Å². The zero-order valence-corrected chi connectivity index (χ0v) is 13.6. The summed E-state index contributed by atoms with van der Waals surface area (Å²) < 4.78 is 16.6. The van der Waals surface area contributed by atoms with E-state index in [2.05, 4.69) is 6.92 Å². The molecule has 1 aromatic heterocycles. The van der Waals surface area contributed by atoms with Crippen LogP contribution in [0, 0.1) is 17.3 Å². The van der Waals surface area contributed by atoms with Gasteiger partial charge in [-0.3, -0.25) is 4.79 Å². The number of fused-ring (bicyclic) bond motifs is 1. The SMILES string of the molecule is C[C@@H]1C[C@H]2OC(=O)C3=C2[C@H](CCC3)[C@@]12C[C@@H](c1ccoc1)OC2=O. The molecule has 0 N–H and O–H groups in total. The molecule has 0 unspecified atom stereocenters. The van der Waals surface area contributed by atoms with Crippen LogP contribution in [0.1, 0.15) is 50.7 Å². The molecule has 1 aromatic rings. The predicted molar refractivity (Wildman–Crippen MR) is 82.6 cm³/mol. The molecule has 0 radical (unpaired) electrons. The second kappa shape index (κ2) is 4.74. The van der Waals surface area contributed by atoms with Gasteiger partial charge in [-0.05, 0) is 43.2 Å². The molecular weight excluding hydrogens is 308 g/mol. The van der Waals surface area contributed by atoms with Crippen molar-refractivity contribution in [1.29, 1.82) is 0 Å². The highest BCUT2D eigenvalue weighted by Crippen LogP contribution is 2.62. The molecular formula is C19H20O5. The highest BCUT2D eigenvalue weighted by Gasteiger charge is 2.64. The van der Waals surface area contributed by atoms with Crippen molar-refractivity contribution in [3.63, 3.8) is 0 Å². The summed E-state index contributed by atoms with van der Waals surface area (Å²) in [6.45, 7) is 2.11. The Bertz CT molecular complexity index is 746. The van der Waals surface area contributed by atoms with Crippen molar-refractivity contribution >= 4 is 11.9 Å². The van der Waals surface area contributed by atoms with Gasteiger partial charge in [0.15, 0.2) is 0 Å². The fourth-order valence-electron chi connectivity index (χ4n) is 5.48. The van der Waals surface area contributed by atoms with Gasteiger partial charge >= 0.3 is 11.9 Å². The molecule has 0 amide bonds. The molecule has 0 aromatic carbocycles. The molecule has 5 heteroatoms. The number of esters is 2. The van der Waals surface area contributed by atoms with Crippen LogP contribution in [-0.4, -0.2) is 18.0 Å². The van der Waals surface area contributed by atoms with Crippen LogP contribution in [0.3, 0.4) is 0 Å². The van der Waals surface area contributed by atoms with E-state index in [-0.39, 0.29) is 36.0 Å². The summed E-state index contributed by atoms with van der Waals surface area (Å²) in [5.41, 5.74) is 2.32. The van der Waals surface area contributed by atoms with Crippen molar-refractivity contribution in [3.05, 3.63) is 35.3 Å². The molecule has 2 aliphatic carbocycles. The Kier molecular flexibility index (Phi) is 2.83. The minimum Gasteiger partial charge on any atom is -0.472 e. The maximum atomic E-state index is 13.0. The number of hydrogen-bond acceptors (Lipinski definition) is 5. The first-order valence-electron chi connectivity index (χ1n) is 8.78. The van der Waals surface area contributed by atoms with Crippen LogP contribution < -0.4 is 0 Å². The molecule has 5 nitrogen and oxygen atoms in total. The average molecular weight is 328 g/mol. The Hall–Kier alpha value is -2.04. The highest BCUT2D eigenvalue weighted by molar-refractivity contribution is 5.93. The summed E-state index contributed by atoms with van der Waals surface area (Å²) in [5.74, 6) is -0.0730. The molecule has 0 bridgehead atoms. The van der Waals surface area contributed by atoms with E-state index < -0.39 is 5.41 Å². The first-order chi connectivity index (χ1) is 11.6. The summed E-state index contributed by atoms with van der Waals surface area (Å²) >= 11 is 0. The van der Waals surface area contributed by atoms with E-state index in [9.17, 15) is 9.59 Å². The van der Waals surface area contributed by atoms with Crippen LogP contribution in [-0.2, 0) is 19.1 Å². The molecule has 126 valence electrons. The lowest BCUT2D eigenvalue weighted by atomic mass is 9.54. The topological polar surface area (TPSA) is 65.7 Å². The summed E-state index contributed by atoms with van der Waals surface area (Å²) in [7, 11) is 0. The number of hydrogen-bond donors (Lipinski definition) is 0. The second-order valence-corrected chi connectivity index (χ2v) is 7.60. The van der Waals surface area contributed by atoms with E-state index in [0.29, 0.717) is 12.8 Å². The van der Waals surface area contributed by atoms with Gasteiger partial charge in [0.2, 0.25) is 0 Å². The van der Waals surface area contributed by atoms with Crippen LogP contribution in [0.4, 0.5) is 0 Å². The van der Waals surface area contributed by atoms with Crippen molar-refractivity contribution in [3.8, 4) is 0 Å². The van der Waals surface area contributed by atoms with Gasteiger partial charge in [0.25, 0.3) is 0 Å². The zero-order valence-electron chi connectivity index (χ0n) is 13.6. The lowest BCUT2D eigenvalue weighted by Gasteiger charge is -2.47. The molecule has 1 spiro atoms. The third-order valence-electron chi connectivity index (χ3n) is 6.62. The average Bonchev–Trinajstić information content (AvgIpc) is 3.26. The molecule has 1 saturated carbocycles. The van der Waals surface area contributed by atoms with E-state index >= 15 is 0 Å². The van der Waals surface area contributed by atoms with Crippen LogP contribution in [0.5, 0.6) is 0 Å². The quantitative estimate of drug-likeness (QED) is 0.740. The number of cyclic esters (lactones) is 1. The summed E-state index contributed by atoms with van der Waals surface area (Å²) in [5, 5.41) is 0. The van der Waals surface area contributed by atoms with Gasteiger partial charge in [-0.15, -0.1) is 0 Å². The zero-order chi connectivity index (χ0) is 16.5. The molecule has 4 aliphatic rings. The number of ether oxygens (including phenoxy) is 2. The maximum Gasteiger partial charge on any atom is 0.334 e. The van der Waals surface area contributed by atoms with Gasteiger partial charge in [0, 0.05) is 23.5 Å². The molecule has 5 rings (SSSR count). The minimum absolute atomic E-state index is 0.0749. The van der Waals surface area contributed by atoms with Crippen LogP contribution in [0.15, 0.2) is 34.2 Å². The van der Waals surface area contributed by atoms with Crippen molar-refractivity contribution in [1.82, 2.24) is 0 Å². The molecule has 2 aliphatic heterocycles. The van der Waals surface area contributed by atoms with Gasteiger partial charge in [-0.1, -0.05) is 6.92 Å². The predicted octanol–water partition coefficient (Wildman–Crippen LogP) is 3.32. The standard InChI is InChI=1S/C19H20O5/c1-10-7-14-16-12(17(20)23-14)3-2-4-13(16)19(10)8-15(24-18(19)21)11-5-6-22-9-11/h5-6,9-10,13-15H,2-4,7-8H2,1H3/t10-,13+,14-,15+,19-/m1/s1. The van der Waals surface area contributed by atoms with Gasteiger partial charge in [0.1, 0.15) is 12.2 Å². The molecule has 5 atom stereocenters. The first-order valence-corrected chi connectivity index (χ1v) is 8.78. The second-order valence-electron chi connectivity index (χ2n) is 7.60. The molecule has 24 heavy (non-hydrogen) atoms. The Morgan fingerprint density at radius 1 is 1.21 bits per heavy atom. The van der Waals surface area contributed by atoms with Gasteiger partial charge < -0.3 is 13.9 Å². The monoisotopic (exact) mass is 328 g/mol. The van der Waals surface area contributed by atoms with E-state index in [1.807, 2.05) is 6.07 Å². The largest absolute Gasteiger partial charge is 0.472 e. The van der Waals surface area contributed by atoms with Crippen molar-refractivity contribution in [2.75, 3.05) is 0 Å². The van der Waals surface area contributed by atoms with E-state index in [0.717, 1.165) is 36.0 Å². The third-order valence-corrected chi connectivity index (χ3v) is 6.62. The highest BCUT2D eigenvalue weighted by atomic mass is 16.6. The Balaban J connectivity index is 1.59. The number of carbonyl (C=O) groups excluding carboxylic acids is 2. The lowest BCUT2D eigenvalue weighted by Crippen LogP contribution is -2.49. The van der Waals surface area contributed by atoms with E-state index in [1.165, 1.54) is 0 Å². The normalized spacial score (nSPS) is 40.7. The Morgan fingerprint density at radius 2 is 2.08 bits per heavy atom. The summed E-state index contributed by atoms with van der Waals surface area (Å²) in [6, 6.07) is 1.86. The maximum absolute atomic E-state index is 13.0. The van der Waals surface area contributed by atoms with Crippen LogP contribution in [0.2, 0.25) is 0 Å². The summed E-state index contributed by atoms with van der Waals surface area (Å²) in [6.07, 6.45) is 6.92. The first kappa shape index (κ1) is 14.3. The van der Waals surface area contributed by atoms with E-state index in [1.54, 1.807) is 12.5 Å².